The van der Waals surface area contributed by atoms with Crippen molar-refractivity contribution in [2.24, 2.45) is 0 Å². The maximum atomic E-state index is 12.8. The minimum Gasteiger partial charge on any atom is -0.496 e. The number of rotatable bonds is 9. The quantitative estimate of drug-likeness (QED) is 0.402. The number of nitrogens with one attached hydrogen (secondary N) is 3. The summed E-state index contributed by atoms with van der Waals surface area (Å²) < 4.78 is 38.5. The van der Waals surface area contributed by atoms with E-state index in [1.165, 1.54) is 31.4 Å². The molecule has 0 aliphatic rings. The average Bonchev–Trinajstić information content (AvgIpc) is 2.86. The van der Waals surface area contributed by atoms with Crippen LogP contribution in [-0.4, -0.2) is 34.5 Å². The Balaban J connectivity index is 1.61. The van der Waals surface area contributed by atoms with Crippen LogP contribution in [0, 0.1) is 0 Å². The number of ether oxygens (including phenoxy) is 2. The number of sulfonamides is 1. The molecule has 3 aromatic rings. The number of carbonyl (C=O) groups is 2. The molecule has 0 bridgehead atoms. The Hall–Kier alpha value is -4.05. The van der Waals surface area contributed by atoms with Gasteiger partial charge in [0.05, 0.1) is 24.8 Å². The third-order valence-electron chi connectivity index (χ3n) is 4.89. The third-order valence-corrected chi connectivity index (χ3v) is 6.25. The zero-order valence-corrected chi connectivity index (χ0v) is 19.5. The lowest BCUT2D eigenvalue weighted by Crippen LogP contribution is -2.41. The minimum atomic E-state index is -3.99. The highest BCUT2D eigenvalue weighted by Gasteiger charge is 2.18. The summed E-state index contributed by atoms with van der Waals surface area (Å²) in [7, 11) is -1.00. The average molecular weight is 484 g/mol. The lowest BCUT2D eigenvalue weighted by atomic mass is 10.1. The zero-order valence-electron chi connectivity index (χ0n) is 18.7. The first kappa shape index (κ1) is 24.6. The second-order valence-electron chi connectivity index (χ2n) is 7.15. The number of anilines is 1. The van der Waals surface area contributed by atoms with Crippen LogP contribution < -0.4 is 25.0 Å². The van der Waals surface area contributed by atoms with Gasteiger partial charge in [-0.15, -0.1) is 0 Å². The summed E-state index contributed by atoms with van der Waals surface area (Å²) in [6.07, 6.45) is 0.548. The summed E-state index contributed by atoms with van der Waals surface area (Å²) in [6, 6.07) is 19.4. The molecular weight excluding hydrogens is 458 g/mol. The number of hydrazine groups is 1. The van der Waals surface area contributed by atoms with Crippen LogP contribution in [0.15, 0.2) is 77.7 Å². The fourth-order valence-electron chi connectivity index (χ4n) is 3.16. The molecule has 0 saturated carbocycles. The zero-order chi connectivity index (χ0) is 24.6. The third kappa shape index (κ3) is 6.26. The van der Waals surface area contributed by atoms with E-state index in [0.717, 1.165) is 5.56 Å². The monoisotopic (exact) mass is 483 g/mol. The summed E-state index contributed by atoms with van der Waals surface area (Å²) in [5.74, 6) is -0.0178. The van der Waals surface area contributed by atoms with Crippen molar-refractivity contribution in [2.45, 2.75) is 17.7 Å². The van der Waals surface area contributed by atoms with Gasteiger partial charge in [-0.1, -0.05) is 36.4 Å². The van der Waals surface area contributed by atoms with E-state index in [1.54, 1.807) is 37.4 Å². The smallest absolute Gasteiger partial charge is 0.269 e. The van der Waals surface area contributed by atoms with Gasteiger partial charge in [0.25, 0.3) is 15.9 Å². The van der Waals surface area contributed by atoms with Crippen molar-refractivity contribution in [3.05, 3.63) is 83.9 Å². The van der Waals surface area contributed by atoms with Crippen LogP contribution in [0.3, 0.4) is 0 Å². The van der Waals surface area contributed by atoms with Crippen LogP contribution >= 0.6 is 0 Å². The normalized spacial score (nSPS) is 10.8. The van der Waals surface area contributed by atoms with Crippen molar-refractivity contribution < 1.29 is 27.5 Å². The largest absolute Gasteiger partial charge is 0.496 e. The molecule has 3 N–H and O–H groups in total. The number of aryl methyl sites for hydroxylation is 1. The highest BCUT2D eigenvalue weighted by Crippen LogP contribution is 2.26. The van der Waals surface area contributed by atoms with Crippen molar-refractivity contribution in [2.75, 3.05) is 18.9 Å². The molecule has 0 atom stereocenters. The highest BCUT2D eigenvalue weighted by molar-refractivity contribution is 7.92. The van der Waals surface area contributed by atoms with Crippen LogP contribution in [0.5, 0.6) is 11.5 Å². The van der Waals surface area contributed by atoms with Gasteiger partial charge < -0.3 is 9.47 Å². The number of carbonyl (C=O) groups excluding carboxylic acids is 2. The predicted molar refractivity (Wildman–Crippen MR) is 127 cm³/mol. The molecule has 0 unspecified atom stereocenters. The molecule has 0 aliphatic heterocycles. The standard InChI is InChI=1S/C24H25N3O6S/c1-32-21-12-5-3-8-17(21)14-15-23(28)25-26-24(29)18-9-7-10-19(16-18)34(30,31)27-20-11-4-6-13-22(20)33-2/h3-13,16,27H,14-15H2,1-2H3,(H,25,28)(H,26,29). The van der Waals surface area contributed by atoms with E-state index < -0.39 is 21.8 Å². The molecule has 0 radical (unpaired) electrons. The number of hydrogen-bond donors (Lipinski definition) is 3. The van der Waals surface area contributed by atoms with Gasteiger partial charge in [0.2, 0.25) is 5.91 Å². The topological polar surface area (TPSA) is 123 Å². The second-order valence-corrected chi connectivity index (χ2v) is 8.83. The van der Waals surface area contributed by atoms with Crippen molar-refractivity contribution in [1.82, 2.24) is 10.9 Å². The first-order valence-electron chi connectivity index (χ1n) is 10.3. The fourth-order valence-corrected chi connectivity index (χ4v) is 4.27. The molecule has 10 heteroatoms. The van der Waals surface area contributed by atoms with Crippen molar-refractivity contribution >= 4 is 27.5 Å². The summed E-state index contributed by atoms with van der Waals surface area (Å²) in [4.78, 5) is 24.5. The molecule has 0 heterocycles. The lowest BCUT2D eigenvalue weighted by molar-refractivity contribution is -0.121. The predicted octanol–water partition coefficient (Wildman–Crippen LogP) is 2.90. The molecule has 34 heavy (non-hydrogen) atoms. The van der Waals surface area contributed by atoms with E-state index in [9.17, 15) is 18.0 Å². The summed E-state index contributed by atoms with van der Waals surface area (Å²) in [5.41, 5.74) is 5.84. The molecule has 0 fully saturated rings. The summed E-state index contributed by atoms with van der Waals surface area (Å²) >= 11 is 0. The SMILES string of the molecule is COc1ccccc1CCC(=O)NNC(=O)c1cccc(S(=O)(=O)Nc2ccccc2OC)c1. The first-order chi connectivity index (χ1) is 16.3. The van der Waals surface area contributed by atoms with Gasteiger partial charge in [0.1, 0.15) is 11.5 Å². The van der Waals surface area contributed by atoms with Gasteiger partial charge in [-0.2, -0.15) is 0 Å². The molecule has 0 spiro atoms. The molecule has 0 aliphatic carbocycles. The Morgan fingerprint density at radius 2 is 1.50 bits per heavy atom. The van der Waals surface area contributed by atoms with E-state index >= 15 is 0 Å². The Bertz CT molecular complexity index is 1280. The number of methoxy groups -OCH3 is 2. The van der Waals surface area contributed by atoms with E-state index in [2.05, 4.69) is 15.6 Å². The summed E-state index contributed by atoms with van der Waals surface area (Å²) in [6.45, 7) is 0. The van der Waals surface area contributed by atoms with Crippen LogP contribution in [0.25, 0.3) is 0 Å². The van der Waals surface area contributed by atoms with Gasteiger partial charge in [-0.3, -0.25) is 25.2 Å². The molecule has 178 valence electrons. The summed E-state index contributed by atoms with van der Waals surface area (Å²) in [5, 5.41) is 0. The van der Waals surface area contributed by atoms with E-state index in [1.807, 2.05) is 18.2 Å². The Morgan fingerprint density at radius 3 is 2.24 bits per heavy atom. The van der Waals surface area contributed by atoms with Crippen molar-refractivity contribution in [3.63, 3.8) is 0 Å². The minimum absolute atomic E-state index is 0.0629. The fraction of sp³-hybridized carbons (Fsp3) is 0.167. The molecule has 0 aromatic heterocycles. The molecular formula is C24H25N3O6S. The molecule has 3 rings (SSSR count). The van der Waals surface area contributed by atoms with Gasteiger partial charge in [-0.05, 0) is 48.4 Å². The van der Waals surface area contributed by atoms with Crippen LogP contribution in [-0.2, 0) is 21.2 Å². The maximum Gasteiger partial charge on any atom is 0.269 e. The van der Waals surface area contributed by atoms with E-state index in [-0.39, 0.29) is 22.6 Å². The van der Waals surface area contributed by atoms with E-state index in [0.29, 0.717) is 17.9 Å². The van der Waals surface area contributed by atoms with Gasteiger partial charge in [0.15, 0.2) is 0 Å². The highest BCUT2D eigenvalue weighted by atomic mass is 32.2. The molecule has 2 amide bonds. The first-order valence-corrected chi connectivity index (χ1v) is 11.8. The van der Waals surface area contributed by atoms with Crippen LogP contribution in [0.1, 0.15) is 22.3 Å². The lowest BCUT2D eigenvalue weighted by Gasteiger charge is -2.12. The number of benzene rings is 3. The van der Waals surface area contributed by atoms with Crippen molar-refractivity contribution in [1.29, 1.82) is 0 Å². The number of hydrogen-bond acceptors (Lipinski definition) is 6. The second kappa shape index (κ2) is 11.2. The number of para-hydroxylation sites is 3. The Labute approximate surface area is 198 Å². The molecule has 9 nitrogen and oxygen atoms in total. The van der Waals surface area contributed by atoms with Gasteiger partial charge in [-0.25, -0.2) is 8.42 Å². The molecule has 0 saturated heterocycles. The van der Waals surface area contributed by atoms with Crippen LogP contribution in [0.4, 0.5) is 5.69 Å². The Kier molecular flexibility index (Phi) is 8.10. The Morgan fingerprint density at radius 1 is 0.824 bits per heavy atom. The molecule has 3 aromatic carbocycles. The maximum absolute atomic E-state index is 12.8. The van der Waals surface area contributed by atoms with Gasteiger partial charge >= 0.3 is 0 Å². The van der Waals surface area contributed by atoms with Gasteiger partial charge in [0, 0.05) is 12.0 Å². The van der Waals surface area contributed by atoms with Crippen LogP contribution in [0.2, 0.25) is 0 Å². The number of amides is 2. The van der Waals surface area contributed by atoms with E-state index in [4.69, 9.17) is 9.47 Å². The van der Waals surface area contributed by atoms with Crippen molar-refractivity contribution in [3.8, 4) is 11.5 Å².